The smallest absolute Gasteiger partial charge is 0.120 e. The first kappa shape index (κ1) is 16.5. The second kappa shape index (κ2) is 8.48. The molecule has 1 aromatic heterocycles. The number of aromatic nitrogens is 1. The molecule has 0 unspecified atom stereocenters. The van der Waals surface area contributed by atoms with Gasteiger partial charge in [0.1, 0.15) is 12.4 Å². The third-order valence-electron chi connectivity index (χ3n) is 3.55. The molecule has 0 aliphatic carbocycles. The summed E-state index contributed by atoms with van der Waals surface area (Å²) in [4.78, 5) is 4.30. The Hall–Kier alpha value is -2.36. The molecule has 0 saturated heterocycles. The summed E-state index contributed by atoms with van der Waals surface area (Å²) in [5, 5.41) is 4.12. The van der Waals surface area contributed by atoms with Crippen molar-refractivity contribution < 1.29 is 4.74 Å². The summed E-state index contributed by atoms with van der Waals surface area (Å²) in [6.45, 7) is 2.02. The summed E-state index contributed by atoms with van der Waals surface area (Å²) in [6.07, 6.45) is 1.81. The Balaban J connectivity index is 1.52. The summed E-state index contributed by atoms with van der Waals surface area (Å²) in [6, 6.07) is 21.7. The first-order valence-electron chi connectivity index (χ1n) is 7.86. The second-order valence-electron chi connectivity index (χ2n) is 5.49. The van der Waals surface area contributed by atoms with E-state index in [0.29, 0.717) is 6.61 Å². The predicted octanol–water partition coefficient (Wildman–Crippen LogP) is 4.60. The highest BCUT2D eigenvalue weighted by Crippen LogP contribution is 2.17. The van der Waals surface area contributed by atoms with E-state index in [2.05, 4.69) is 22.4 Å². The molecule has 4 heteroatoms. The Kier molecular flexibility index (Phi) is 5.83. The maximum Gasteiger partial charge on any atom is 0.120 e. The quantitative estimate of drug-likeness (QED) is 0.683. The largest absolute Gasteiger partial charge is 0.489 e. The molecule has 0 aliphatic rings. The molecule has 24 heavy (non-hydrogen) atoms. The standard InChI is InChI=1S/C20H19ClN2O/c21-18-7-3-6-17(11-18)15-24-20-9-4-5-16(12-20)13-22-14-19-8-1-2-10-23-19/h1-12,22H,13-15H2. The van der Waals surface area contributed by atoms with Crippen LogP contribution >= 0.6 is 11.6 Å². The van der Waals surface area contributed by atoms with Gasteiger partial charge in [0.25, 0.3) is 0 Å². The van der Waals surface area contributed by atoms with Crippen molar-refractivity contribution in [1.29, 1.82) is 0 Å². The maximum absolute atomic E-state index is 5.99. The fourth-order valence-electron chi connectivity index (χ4n) is 2.38. The molecule has 0 saturated carbocycles. The molecular weight excluding hydrogens is 320 g/mol. The molecule has 1 N–H and O–H groups in total. The van der Waals surface area contributed by atoms with Crippen LogP contribution in [0.25, 0.3) is 0 Å². The van der Waals surface area contributed by atoms with Crippen molar-refractivity contribution in [1.82, 2.24) is 10.3 Å². The lowest BCUT2D eigenvalue weighted by molar-refractivity contribution is 0.306. The summed E-state index contributed by atoms with van der Waals surface area (Å²) in [7, 11) is 0. The first-order valence-corrected chi connectivity index (χ1v) is 8.24. The lowest BCUT2D eigenvalue weighted by atomic mass is 10.2. The average molecular weight is 339 g/mol. The van der Waals surface area contributed by atoms with Crippen LogP contribution < -0.4 is 10.1 Å². The SMILES string of the molecule is Clc1cccc(COc2cccc(CNCc3ccccn3)c2)c1. The van der Waals surface area contributed by atoms with Crippen molar-refractivity contribution in [3.05, 3.63) is 94.8 Å². The van der Waals surface area contributed by atoms with Crippen molar-refractivity contribution in [2.75, 3.05) is 0 Å². The van der Waals surface area contributed by atoms with Crippen LogP contribution in [-0.2, 0) is 19.7 Å². The Labute approximate surface area is 147 Å². The van der Waals surface area contributed by atoms with E-state index < -0.39 is 0 Å². The Morgan fingerprint density at radius 3 is 2.58 bits per heavy atom. The van der Waals surface area contributed by atoms with E-state index in [0.717, 1.165) is 35.1 Å². The Morgan fingerprint density at radius 2 is 1.75 bits per heavy atom. The molecule has 0 aliphatic heterocycles. The van der Waals surface area contributed by atoms with Gasteiger partial charge in [-0.1, -0.05) is 41.9 Å². The van der Waals surface area contributed by atoms with Crippen molar-refractivity contribution in [3.63, 3.8) is 0 Å². The van der Waals surface area contributed by atoms with E-state index in [9.17, 15) is 0 Å². The van der Waals surface area contributed by atoms with Crippen molar-refractivity contribution in [2.24, 2.45) is 0 Å². The molecule has 0 spiro atoms. The normalized spacial score (nSPS) is 10.5. The molecule has 0 atom stereocenters. The fraction of sp³-hybridized carbons (Fsp3) is 0.150. The van der Waals surface area contributed by atoms with E-state index in [-0.39, 0.29) is 0 Å². The number of nitrogens with one attached hydrogen (secondary N) is 1. The second-order valence-corrected chi connectivity index (χ2v) is 5.93. The van der Waals surface area contributed by atoms with Gasteiger partial charge in [-0.25, -0.2) is 0 Å². The number of rotatable bonds is 7. The predicted molar refractivity (Wildman–Crippen MR) is 97.0 cm³/mol. The van der Waals surface area contributed by atoms with E-state index >= 15 is 0 Å². The van der Waals surface area contributed by atoms with E-state index in [1.807, 2.05) is 54.6 Å². The van der Waals surface area contributed by atoms with Crippen molar-refractivity contribution in [3.8, 4) is 5.75 Å². The molecule has 2 aromatic carbocycles. The molecule has 1 heterocycles. The molecule has 0 bridgehead atoms. The molecule has 3 rings (SSSR count). The van der Waals surface area contributed by atoms with Gasteiger partial charge in [0.15, 0.2) is 0 Å². The van der Waals surface area contributed by atoms with Crippen LogP contribution in [0.15, 0.2) is 72.9 Å². The van der Waals surface area contributed by atoms with Gasteiger partial charge in [-0.05, 0) is 47.5 Å². The number of ether oxygens (including phenoxy) is 1. The molecule has 3 aromatic rings. The monoisotopic (exact) mass is 338 g/mol. The number of halogens is 1. The Bertz CT molecular complexity index is 777. The van der Waals surface area contributed by atoms with Crippen LogP contribution in [0.5, 0.6) is 5.75 Å². The average Bonchev–Trinajstić information content (AvgIpc) is 2.61. The molecule has 3 nitrogen and oxygen atoms in total. The maximum atomic E-state index is 5.99. The van der Waals surface area contributed by atoms with Gasteiger partial charge < -0.3 is 10.1 Å². The van der Waals surface area contributed by atoms with E-state index in [1.54, 1.807) is 6.20 Å². The van der Waals surface area contributed by atoms with Crippen LogP contribution in [0, 0.1) is 0 Å². The number of hydrogen-bond donors (Lipinski definition) is 1. The molecule has 0 fully saturated rings. The van der Waals surface area contributed by atoms with Gasteiger partial charge in [-0.3, -0.25) is 4.98 Å². The summed E-state index contributed by atoms with van der Waals surface area (Å²) in [5.74, 6) is 0.854. The summed E-state index contributed by atoms with van der Waals surface area (Å²) in [5.41, 5.74) is 3.27. The van der Waals surface area contributed by atoms with Gasteiger partial charge in [0, 0.05) is 24.3 Å². The Morgan fingerprint density at radius 1 is 0.875 bits per heavy atom. The number of hydrogen-bond acceptors (Lipinski definition) is 3. The third kappa shape index (κ3) is 5.08. The highest BCUT2D eigenvalue weighted by atomic mass is 35.5. The number of nitrogens with zero attached hydrogens (tertiary/aromatic N) is 1. The van der Waals surface area contributed by atoms with Crippen LogP contribution in [0.2, 0.25) is 5.02 Å². The third-order valence-corrected chi connectivity index (χ3v) is 3.79. The van der Waals surface area contributed by atoms with Crippen LogP contribution in [0.3, 0.4) is 0 Å². The molecule has 0 radical (unpaired) electrons. The zero-order valence-corrected chi connectivity index (χ0v) is 14.0. The highest BCUT2D eigenvalue weighted by Gasteiger charge is 2.00. The minimum atomic E-state index is 0.505. The summed E-state index contributed by atoms with van der Waals surface area (Å²) < 4.78 is 5.85. The van der Waals surface area contributed by atoms with E-state index in [4.69, 9.17) is 16.3 Å². The summed E-state index contributed by atoms with van der Waals surface area (Å²) >= 11 is 5.99. The van der Waals surface area contributed by atoms with Gasteiger partial charge >= 0.3 is 0 Å². The van der Waals surface area contributed by atoms with Crippen molar-refractivity contribution in [2.45, 2.75) is 19.7 Å². The zero-order valence-electron chi connectivity index (χ0n) is 13.3. The molecule has 0 amide bonds. The van der Waals surface area contributed by atoms with Crippen LogP contribution in [0.1, 0.15) is 16.8 Å². The van der Waals surface area contributed by atoms with Gasteiger partial charge in [-0.2, -0.15) is 0 Å². The number of benzene rings is 2. The van der Waals surface area contributed by atoms with Crippen LogP contribution in [0.4, 0.5) is 0 Å². The first-order chi connectivity index (χ1) is 11.8. The van der Waals surface area contributed by atoms with Gasteiger partial charge in [0.2, 0.25) is 0 Å². The fourth-order valence-corrected chi connectivity index (χ4v) is 2.59. The zero-order chi connectivity index (χ0) is 16.6. The lowest BCUT2D eigenvalue weighted by Gasteiger charge is -2.09. The van der Waals surface area contributed by atoms with Crippen LogP contribution in [-0.4, -0.2) is 4.98 Å². The topological polar surface area (TPSA) is 34.1 Å². The number of pyridine rings is 1. The minimum Gasteiger partial charge on any atom is -0.489 e. The van der Waals surface area contributed by atoms with E-state index in [1.165, 1.54) is 5.56 Å². The minimum absolute atomic E-state index is 0.505. The van der Waals surface area contributed by atoms with Crippen molar-refractivity contribution >= 4 is 11.6 Å². The van der Waals surface area contributed by atoms with Gasteiger partial charge in [-0.15, -0.1) is 0 Å². The molecule has 122 valence electrons. The van der Waals surface area contributed by atoms with Gasteiger partial charge in [0.05, 0.1) is 5.69 Å². The lowest BCUT2D eigenvalue weighted by Crippen LogP contribution is -2.13. The molecular formula is C20H19ClN2O. The highest BCUT2D eigenvalue weighted by molar-refractivity contribution is 6.30.